The van der Waals surface area contributed by atoms with Crippen LogP contribution in [0.1, 0.15) is 167 Å². The molecule has 0 unspecified atom stereocenters. The minimum absolute atomic E-state index is 0.180. The van der Waals surface area contributed by atoms with Gasteiger partial charge in [-0.15, -0.1) is 0 Å². The van der Waals surface area contributed by atoms with Gasteiger partial charge >= 0.3 is 5.97 Å². The molecule has 0 atom stereocenters. The first-order valence-corrected chi connectivity index (χ1v) is 18.3. The molecule has 0 amide bonds. The Morgan fingerprint density at radius 2 is 0.976 bits per heavy atom. The van der Waals surface area contributed by atoms with E-state index >= 15 is 0 Å². The van der Waals surface area contributed by atoms with Crippen LogP contribution in [0.2, 0.25) is 0 Å². The highest BCUT2D eigenvalue weighted by Gasteiger charge is 2.10. The predicted octanol–water partition coefficient (Wildman–Crippen LogP) is 11.2. The smallest absolute Gasteiger partial charge is 0.315 e. The van der Waals surface area contributed by atoms with Crippen LogP contribution >= 0.6 is 0 Å². The maximum Gasteiger partial charge on any atom is 0.315 e. The first-order valence-electron chi connectivity index (χ1n) is 16.9. The third-order valence-electron chi connectivity index (χ3n) is 7.78. The zero-order valence-electron chi connectivity index (χ0n) is 26.1. The number of hydrogen-bond acceptors (Lipinski definition) is 4. The Labute approximate surface area is 252 Å². The van der Waals surface area contributed by atoms with Crippen molar-refractivity contribution in [2.24, 2.45) is 0 Å². The lowest BCUT2D eigenvalue weighted by molar-refractivity contribution is -0.133. The van der Waals surface area contributed by atoms with Gasteiger partial charge in [-0.2, -0.15) is 8.42 Å². The van der Waals surface area contributed by atoms with E-state index in [0.717, 1.165) is 12.8 Å². The van der Waals surface area contributed by atoms with E-state index in [9.17, 15) is 13.2 Å². The number of esters is 1. The lowest BCUT2D eigenvalue weighted by Crippen LogP contribution is -2.06. The SMILES string of the molecule is CCCCCCCCCCCCCCCCCCCCCCCCCC=CCC(=O)Oc1ccc(S(=O)(=O)O)cc1. The van der Waals surface area contributed by atoms with E-state index in [2.05, 4.69) is 6.92 Å². The van der Waals surface area contributed by atoms with Gasteiger partial charge in [0.15, 0.2) is 0 Å². The van der Waals surface area contributed by atoms with E-state index in [1.807, 2.05) is 12.2 Å². The fourth-order valence-corrected chi connectivity index (χ4v) is 5.68. The van der Waals surface area contributed by atoms with Gasteiger partial charge in [0.1, 0.15) is 5.75 Å². The van der Waals surface area contributed by atoms with Crippen molar-refractivity contribution in [2.45, 2.75) is 172 Å². The van der Waals surface area contributed by atoms with E-state index in [-0.39, 0.29) is 17.1 Å². The predicted molar refractivity (Wildman–Crippen MR) is 172 cm³/mol. The molecule has 1 aromatic carbocycles. The number of rotatable bonds is 28. The second kappa shape index (κ2) is 26.0. The normalized spacial score (nSPS) is 11.9. The van der Waals surface area contributed by atoms with Crippen molar-refractivity contribution in [3.63, 3.8) is 0 Å². The molecule has 41 heavy (non-hydrogen) atoms. The second-order valence-electron chi connectivity index (χ2n) is 11.7. The van der Waals surface area contributed by atoms with Crippen molar-refractivity contribution in [1.82, 2.24) is 0 Å². The molecule has 0 radical (unpaired) electrons. The Morgan fingerprint density at radius 3 is 1.34 bits per heavy atom. The third-order valence-corrected chi connectivity index (χ3v) is 8.65. The van der Waals surface area contributed by atoms with Crippen LogP contribution in [-0.4, -0.2) is 18.9 Å². The summed E-state index contributed by atoms with van der Waals surface area (Å²) in [6.07, 6.45) is 37.0. The van der Waals surface area contributed by atoms with Crippen molar-refractivity contribution in [2.75, 3.05) is 0 Å². The Balaban J connectivity index is 1.79. The van der Waals surface area contributed by atoms with Crippen molar-refractivity contribution >= 4 is 16.1 Å². The maximum absolute atomic E-state index is 11.9. The van der Waals surface area contributed by atoms with Crippen LogP contribution in [0.3, 0.4) is 0 Å². The van der Waals surface area contributed by atoms with Crippen LogP contribution < -0.4 is 4.74 Å². The number of ether oxygens (including phenoxy) is 1. The van der Waals surface area contributed by atoms with E-state index < -0.39 is 16.1 Å². The summed E-state index contributed by atoms with van der Waals surface area (Å²) < 4.78 is 36.2. The summed E-state index contributed by atoms with van der Waals surface area (Å²) in [5, 5.41) is 0. The van der Waals surface area contributed by atoms with Crippen LogP contribution in [0.4, 0.5) is 0 Å². The lowest BCUT2D eigenvalue weighted by Gasteiger charge is -2.04. The Kier molecular flexibility index (Phi) is 23.7. The highest BCUT2D eigenvalue weighted by Crippen LogP contribution is 2.17. The van der Waals surface area contributed by atoms with Crippen molar-refractivity contribution in [3.05, 3.63) is 36.4 Å². The molecular formula is C35H60O5S. The first kappa shape index (κ1) is 37.4. The van der Waals surface area contributed by atoms with Gasteiger partial charge in [0.2, 0.25) is 0 Å². The molecule has 0 aliphatic rings. The van der Waals surface area contributed by atoms with Gasteiger partial charge in [-0.05, 0) is 37.1 Å². The van der Waals surface area contributed by atoms with Crippen LogP contribution in [0.5, 0.6) is 5.75 Å². The van der Waals surface area contributed by atoms with Crippen LogP contribution in [-0.2, 0) is 14.9 Å². The third kappa shape index (κ3) is 23.6. The minimum atomic E-state index is -4.24. The number of unbranched alkanes of at least 4 members (excludes halogenated alkanes) is 23. The number of hydrogen-bond donors (Lipinski definition) is 1. The van der Waals surface area contributed by atoms with Gasteiger partial charge < -0.3 is 4.74 Å². The number of allylic oxidation sites excluding steroid dienone is 1. The largest absolute Gasteiger partial charge is 0.426 e. The number of carbonyl (C=O) groups is 1. The molecule has 5 nitrogen and oxygen atoms in total. The van der Waals surface area contributed by atoms with Crippen LogP contribution in [0.25, 0.3) is 0 Å². The number of benzene rings is 1. The molecule has 0 heterocycles. The molecule has 1 aromatic rings. The molecule has 0 aromatic heterocycles. The van der Waals surface area contributed by atoms with E-state index in [1.165, 1.54) is 166 Å². The van der Waals surface area contributed by atoms with Gasteiger partial charge in [-0.1, -0.05) is 160 Å². The quantitative estimate of drug-likeness (QED) is 0.0344. The molecule has 0 aliphatic carbocycles. The van der Waals surface area contributed by atoms with Crippen LogP contribution in [0, 0.1) is 0 Å². The Bertz CT molecular complexity index is 876. The summed E-state index contributed by atoms with van der Waals surface area (Å²) in [6.45, 7) is 2.29. The molecule has 6 heteroatoms. The van der Waals surface area contributed by atoms with Gasteiger partial charge in [0, 0.05) is 0 Å². The highest BCUT2D eigenvalue weighted by atomic mass is 32.2. The fourth-order valence-electron chi connectivity index (χ4n) is 5.20. The molecular weight excluding hydrogens is 532 g/mol. The van der Waals surface area contributed by atoms with Gasteiger partial charge in [0.25, 0.3) is 10.1 Å². The standard InChI is InChI=1S/C35H60O5S/c1-2-3-4-5-6-7-8-9-10-11-12-13-14-15-16-17-18-19-20-21-22-23-24-25-26-27-28-35(36)40-33-29-31-34(32-30-33)41(37,38)39/h26-27,29-32H,2-25,28H2,1H3,(H,37,38,39). The summed E-state index contributed by atoms with van der Waals surface area (Å²) in [6, 6.07) is 5.11. The van der Waals surface area contributed by atoms with Crippen LogP contribution in [0.15, 0.2) is 41.3 Å². The molecule has 0 fully saturated rings. The van der Waals surface area contributed by atoms with E-state index in [4.69, 9.17) is 9.29 Å². The van der Waals surface area contributed by atoms with Crippen molar-refractivity contribution < 1.29 is 22.5 Å². The Morgan fingerprint density at radius 1 is 0.610 bits per heavy atom. The fraction of sp³-hybridized carbons (Fsp3) is 0.743. The molecule has 0 aliphatic heterocycles. The molecule has 0 spiro atoms. The molecule has 1 N–H and O–H groups in total. The summed E-state index contributed by atoms with van der Waals surface area (Å²) in [7, 11) is -4.24. The van der Waals surface area contributed by atoms with Crippen molar-refractivity contribution in [1.29, 1.82) is 0 Å². The zero-order valence-corrected chi connectivity index (χ0v) is 26.9. The maximum atomic E-state index is 11.9. The highest BCUT2D eigenvalue weighted by molar-refractivity contribution is 7.85. The number of carbonyl (C=O) groups excluding carboxylic acids is 1. The van der Waals surface area contributed by atoms with Gasteiger partial charge in [-0.25, -0.2) is 0 Å². The topological polar surface area (TPSA) is 80.7 Å². The second-order valence-corrected chi connectivity index (χ2v) is 13.1. The van der Waals surface area contributed by atoms with Gasteiger partial charge in [0.05, 0.1) is 11.3 Å². The van der Waals surface area contributed by atoms with E-state index in [0.29, 0.717) is 0 Å². The minimum Gasteiger partial charge on any atom is -0.426 e. The summed E-state index contributed by atoms with van der Waals surface area (Å²) in [5.41, 5.74) is 0. The summed E-state index contributed by atoms with van der Waals surface area (Å²) in [5.74, 6) is -0.143. The molecule has 1 rings (SSSR count). The Hall–Kier alpha value is -1.66. The summed E-state index contributed by atoms with van der Waals surface area (Å²) in [4.78, 5) is 11.7. The average Bonchev–Trinajstić information content (AvgIpc) is 2.94. The molecule has 0 saturated carbocycles. The molecule has 0 saturated heterocycles. The lowest BCUT2D eigenvalue weighted by atomic mass is 10.0. The molecule has 0 bridgehead atoms. The zero-order chi connectivity index (χ0) is 29.9. The van der Waals surface area contributed by atoms with Crippen molar-refractivity contribution in [3.8, 4) is 5.75 Å². The van der Waals surface area contributed by atoms with E-state index in [1.54, 1.807) is 0 Å². The average molecular weight is 593 g/mol. The van der Waals surface area contributed by atoms with Gasteiger partial charge in [-0.3, -0.25) is 9.35 Å². The summed E-state index contributed by atoms with van der Waals surface area (Å²) >= 11 is 0. The monoisotopic (exact) mass is 592 g/mol. The molecule has 236 valence electrons. The first-order chi connectivity index (χ1) is 19.9.